The molecular weight excluding hydrogens is 681 g/mol. The SMILES string of the molecule is C/C=C/C1=NCc2nncn2C(SC(C)C#C/C=C/C=C(\C=NC)CN2CCCC(CCN/C3=C\CN(CC=O)C(=O)/C(C)=C/CCC3)CC2)=C1CC. The zero-order valence-corrected chi connectivity index (χ0v) is 33.2. The molecule has 0 aromatic carbocycles. The van der Waals surface area contributed by atoms with E-state index in [2.05, 4.69) is 73.9 Å². The van der Waals surface area contributed by atoms with Gasteiger partial charge >= 0.3 is 0 Å². The van der Waals surface area contributed by atoms with E-state index in [-0.39, 0.29) is 17.7 Å². The monoisotopic (exact) mass is 738 g/mol. The number of thioether (sulfide) groups is 1. The maximum absolute atomic E-state index is 12.7. The summed E-state index contributed by atoms with van der Waals surface area (Å²) in [7, 11) is 1.83. The molecular formula is C42H58N8O2S. The van der Waals surface area contributed by atoms with Crippen molar-refractivity contribution in [1.82, 2.24) is 29.9 Å². The van der Waals surface area contributed by atoms with Gasteiger partial charge in [-0.2, -0.15) is 0 Å². The summed E-state index contributed by atoms with van der Waals surface area (Å²) in [6.45, 7) is 13.2. The summed E-state index contributed by atoms with van der Waals surface area (Å²) in [5.74, 6) is 8.11. The molecule has 11 heteroatoms. The van der Waals surface area contributed by atoms with Crippen LogP contribution in [-0.4, -0.2) is 100 Å². The van der Waals surface area contributed by atoms with Gasteiger partial charge in [0.2, 0.25) is 5.91 Å². The fourth-order valence-corrected chi connectivity index (χ4v) is 7.95. The van der Waals surface area contributed by atoms with E-state index >= 15 is 0 Å². The van der Waals surface area contributed by atoms with Crippen LogP contribution in [0.2, 0.25) is 0 Å². The Balaban J connectivity index is 1.27. The Hall–Kier alpha value is -4.27. The van der Waals surface area contributed by atoms with Crippen LogP contribution >= 0.6 is 11.8 Å². The lowest BCUT2D eigenvalue weighted by Crippen LogP contribution is -2.34. The Morgan fingerprint density at radius 3 is 2.89 bits per heavy atom. The summed E-state index contributed by atoms with van der Waals surface area (Å²) >= 11 is 1.72. The zero-order chi connectivity index (χ0) is 37.8. The molecule has 1 aromatic rings. The minimum absolute atomic E-state index is 0.0535. The molecule has 4 rings (SSSR count). The van der Waals surface area contributed by atoms with Crippen LogP contribution in [0.3, 0.4) is 0 Å². The van der Waals surface area contributed by atoms with Gasteiger partial charge in [0.1, 0.15) is 19.2 Å². The quantitative estimate of drug-likeness (QED) is 0.0967. The minimum Gasteiger partial charge on any atom is -0.389 e. The standard InChI is InChI=1S/C42H58N8O2S/c1-6-14-39-38(7-2)42(50-32-46-47-40(50)30-45-39)53-34(4)16-9-8-10-17-36(29-43-5)31-48-24-13-18-35(21-25-48)20-23-44-37-19-12-11-15-33(3)41(52)49(26-22-37)27-28-51/h6,8,10,14-15,17,22,28-29,32,34-35,44H,7,11-13,18-21,23-27,30-31H2,1-5H3/b10-8+,14-6+,33-15+,36-17+,37-22-,43-29?. The fourth-order valence-electron chi connectivity index (χ4n) is 6.83. The van der Waals surface area contributed by atoms with Crippen molar-refractivity contribution >= 4 is 40.9 Å². The van der Waals surface area contributed by atoms with Crippen LogP contribution in [0.1, 0.15) is 84.9 Å². The summed E-state index contributed by atoms with van der Waals surface area (Å²) in [6, 6.07) is 0. The van der Waals surface area contributed by atoms with Crippen LogP contribution in [0.5, 0.6) is 0 Å². The van der Waals surface area contributed by atoms with Gasteiger partial charge in [0.05, 0.1) is 22.5 Å². The van der Waals surface area contributed by atoms with Crippen molar-refractivity contribution in [3.05, 3.63) is 77.1 Å². The number of aliphatic imine (C=N–C) groups is 2. The Bertz CT molecular complexity index is 1700. The van der Waals surface area contributed by atoms with E-state index in [9.17, 15) is 9.59 Å². The number of rotatable bonds is 14. The molecule has 0 spiro atoms. The Morgan fingerprint density at radius 1 is 1.23 bits per heavy atom. The van der Waals surface area contributed by atoms with E-state index in [1.807, 2.05) is 51.4 Å². The topological polar surface area (TPSA) is 108 Å². The predicted molar refractivity (Wildman–Crippen MR) is 221 cm³/mol. The molecule has 1 saturated heterocycles. The van der Waals surface area contributed by atoms with Gasteiger partial charge in [0.25, 0.3) is 0 Å². The molecule has 3 aliphatic heterocycles. The number of nitrogens with zero attached hydrogens (tertiary/aromatic N) is 7. The molecule has 10 nitrogen and oxygen atoms in total. The Kier molecular flexibility index (Phi) is 17.8. The van der Waals surface area contributed by atoms with Crippen LogP contribution < -0.4 is 5.32 Å². The number of likely N-dealkylation sites (tertiary alicyclic amines) is 1. The smallest absolute Gasteiger partial charge is 0.249 e. The maximum Gasteiger partial charge on any atom is 0.249 e. The molecule has 0 radical (unpaired) electrons. The highest BCUT2D eigenvalue weighted by molar-refractivity contribution is 8.08. The van der Waals surface area contributed by atoms with Crippen molar-refractivity contribution < 1.29 is 9.59 Å². The lowest BCUT2D eigenvalue weighted by Gasteiger charge is -2.22. The molecule has 0 aliphatic carbocycles. The third-order valence-corrected chi connectivity index (χ3v) is 10.8. The number of hydrogen-bond donors (Lipinski definition) is 1. The van der Waals surface area contributed by atoms with Gasteiger partial charge < -0.3 is 15.0 Å². The maximum atomic E-state index is 12.7. The van der Waals surface area contributed by atoms with Crippen molar-refractivity contribution in [1.29, 1.82) is 0 Å². The number of nitrogens with one attached hydrogen (secondary N) is 1. The van der Waals surface area contributed by atoms with E-state index in [0.29, 0.717) is 19.0 Å². The average molecular weight is 739 g/mol. The van der Waals surface area contributed by atoms with Crippen molar-refractivity contribution in [2.24, 2.45) is 15.9 Å². The van der Waals surface area contributed by atoms with Crippen molar-refractivity contribution in [2.45, 2.75) is 90.9 Å². The van der Waals surface area contributed by atoms with Crippen LogP contribution in [0.15, 0.2) is 81.3 Å². The van der Waals surface area contributed by atoms with Crippen molar-refractivity contribution in [3.8, 4) is 11.8 Å². The van der Waals surface area contributed by atoms with E-state index < -0.39 is 0 Å². The van der Waals surface area contributed by atoms with Gasteiger partial charge in [-0.05, 0) is 115 Å². The number of hydrogen-bond acceptors (Lipinski definition) is 9. The molecule has 1 fully saturated rings. The van der Waals surface area contributed by atoms with Gasteiger partial charge in [0, 0.05) is 49.7 Å². The van der Waals surface area contributed by atoms with Crippen LogP contribution in [-0.2, 0) is 16.1 Å². The number of carbonyl (C=O) groups excluding carboxylic acids is 2. The highest BCUT2D eigenvalue weighted by Gasteiger charge is 2.22. The highest BCUT2D eigenvalue weighted by Crippen LogP contribution is 2.34. The third kappa shape index (κ3) is 13.3. The lowest BCUT2D eigenvalue weighted by atomic mass is 9.97. The molecule has 0 saturated carbocycles. The molecule has 2 unspecified atom stereocenters. The van der Waals surface area contributed by atoms with Gasteiger partial charge in [-0.15, -0.1) is 10.2 Å². The second-order valence-corrected chi connectivity index (χ2v) is 15.0. The number of amides is 1. The minimum atomic E-state index is -0.0535. The van der Waals surface area contributed by atoms with Gasteiger partial charge in [-0.25, -0.2) is 0 Å². The molecule has 1 aromatic heterocycles. The molecule has 284 valence electrons. The van der Waals surface area contributed by atoms with Gasteiger partial charge in [-0.3, -0.25) is 24.2 Å². The van der Waals surface area contributed by atoms with Crippen LogP contribution in [0, 0.1) is 17.8 Å². The number of allylic oxidation sites excluding steroid dienone is 8. The first kappa shape index (κ1) is 41.5. The van der Waals surface area contributed by atoms with E-state index in [1.165, 1.54) is 36.1 Å². The number of aromatic nitrogens is 3. The third-order valence-electron chi connectivity index (χ3n) is 9.66. The number of carbonyl (C=O) groups is 2. The molecule has 4 heterocycles. The fraction of sp³-hybridized carbons (Fsp3) is 0.524. The normalized spacial score (nSPS) is 22.3. The largest absolute Gasteiger partial charge is 0.389 e. The van der Waals surface area contributed by atoms with E-state index in [4.69, 9.17) is 4.99 Å². The summed E-state index contributed by atoms with van der Waals surface area (Å²) < 4.78 is 2.06. The second kappa shape index (κ2) is 22.7. The number of aldehydes is 1. The molecule has 0 bridgehead atoms. The first-order chi connectivity index (χ1) is 25.9. The molecule has 2 atom stereocenters. The van der Waals surface area contributed by atoms with Crippen LogP contribution in [0.4, 0.5) is 0 Å². The van der Waals surface area contributed by atoms with Crippen molar-refractivity contribution in [2.75, 3.05) is 46.3 Å². The Morgan fingerprint density at radius 2 is 2.09 bits per heavy atom. The number of fused-ring (bicyclic) bond motifs is 1. The summed E-state index contributed by atoms with van der Waals surface area (Å²) in [6.07, 6.45) is 27.2. The van der Waals surface area contributed by atoms with E-state index in [0.717, 1.165) is 86.7 Å². The Labute approximate surface area is 321 Å². The van der Waals surface area contributed by atoms with Gasteiger partial charge in [0.15, 0.2) is 5.82 Å². The summed E-state index contributed by atoms with van der Waals surface area (Å²) in [5.41, 5.74) is 5.26. The van der Waals surface area contributed by atoms with Gasteiger partial charge in [-0.1, -0.05) is 54.8 Å². The lowest BCUT2D eigenvalue weighted by molar-refractivity contribution is -0.128. The summed E-state index contributed by atoms with van der Waals surface area (Å²) in [4.78, 5) is 37.2. The highest BCUT2D eigenvalue weighted by atomic mass is 32.2. The van der Waals surface area contributed by atoms with Crippen LogP contribution in [0.25, 0.3) is 5.03 Å². The zero-order valence-electron chi connectivity index (χ0n) is 32.4. The molecule has 1 amide bonds. The first-order valence-corrected chi connectivity index (χ1v) is 20.0. The molecule has 53 heavy (non-hydrogen) atoms. The summed E-state index contributed by atoms with van der Waals surface area (Å²) in [5, 5.41) is 13.3. The molecule has 1 N–H and O–H groups in total. The average Bonchev–Trinajstić information content (AvgIpc) is 3.44. The molecule has 3 aliphatic rings. The second-order valence-electron chi connectivity index (χ2n) is 13.7. The first-order valence-electron chi connectivity index (χ1n) is 19.2. The van der Waals surface area contributed by atoms with E-state index in [1.54, 1.807) is 23.0 Å². The van der Waals surface area contributed by atoms with Crippen molar-refractivity contribution in [3.63, 3.8) is 0 Å². The predicted octanol–water partition coefficient (Wildman–Crippen LogP) is 6.82.